The van der Waals surface area contributed by atoms with E-state index >= 15 is 0 Å². The molecule has 0 aromatic carbocycles. The van der Waals surface area contributed by atoms with Crippen molar-refractivity contribution in [3.8, 4) is 0 Å². The zero-order chi connectivity index (χ0) is 22.3. The Morgan fingerprint density at radius 1 is 0.833 bits per heavy atom. The fourth-order valence-corrected chi connectivity index (χ4v) is 3.16. The third-order valence-corrected chi connectivity index (χ3v) is 5.03. The van der Waals surface area contributed by atoms with Crippen LogP contribution in [0.25, 0.3) is 0 Å². The topological polar surface area (TPSA) is 136 Å². The molecule has 0 aliphatic carbocycles. The van der Waals surface area contributed by atoms with Gasteiger partial charge in [-0.05, 0) is 13.1 Å². The van der Waals surface area contributed by atoms with Crippen molar-refractivity contribution in [1.82, 2.24) is 10.6 Å². The van der Waals surface area contributed by atoms with Gasteiger partial charge in [-0.15, -0.1) is 0 Å². The Bertz CT molecular complexity index is 542. The van der Waals surface area contributed by atoms with Gasteiger partial charge in [0.15, 0.2) is 19.6 Å². The number of carbonyl (C=O) groups excluding carboxylic acids is 4. The van der Waals surface area contributed by atoms with Crippen molar-refractivity contribution in [2.45, 2.75) is 59.0 Å². The first-order valence-corrected chi connectivity index (χ1v) is 13.1. The van der Waals surface area contributed by atoms with Crippen LogP contribution in [0.2, 0.25) is 0 Å². The van der Waals surface area contributed by atoms with E-state index in [-0.39, 0.29) is 95.4 Å². The van der Waals surface area contributed by atoms with E-state index in [1.165, 1.54) is 20.5 Å². The predicted molar refractivity (Wildman–Crippen MR) is 111 cm³/mol. The molecular weight excluding hydrogens is 584 g/mol. The van der Waals surface area contributed by atoms with Crippen molar-refractivity contribution in [1.29, 1.82) is 0 Å². The summed E-state index contributed by atoms with van der Waals surface area (Å²) in [4.78, 5) is 44.1. The molecule has 0 fully saturated rings. The molecule has 4 atom stereocenters. The number of hydrogen-bond donors (Lipinski definition) is 2. The minimum absolute atomic E-state index is 0. The second-order valence-electron chi connectivity index (χ2n) is 6.19. The van der Waals surface area contributed by atoms with Gasteiger partial charge in [-0.3, -0.25) is 23.7 Å². The van der Waals surface area contributed by atoms with Crippen LogP contribution in [0.1, 0.15) is 47.0 Å². The predicted octanol–water partition coefficient (Wildman–Crippen LogP) is 1.64. The first kappa shape index (κ1) is 38.2. The molecule has 13 heteroatoms. The minimum atomic E-state index is -2.06. The maximum atomic E-state index is 11.4. The monoisotopic (exact) mass is 618 g/mol. The second-order valence-corrected chi connectivity index (χ2v) is 9.37. The van der Waals surface area contributed by atoms with Crippen LogP contribution in [0.3, 0.4) is 0 Å². The summed E-state index contributed by atoms with van der Waals surface area (Å²) >= 11 is 0. The van der Waals surface area contributed by atoms with Crippen molar-refractivity contribution in [3.63, 3.8) is 0 Å². The van der Waals surface area contributed by atoms with Crippen LogP contribution < -0.4 is 10.6 Å². The molecule has 0 aliphatic rings. The SMILES string of the molecule is CCC(=O)C(CC[PH](C)=O)NC(C)=O.CCC(=O)C(CO[PH](C)=O)NC(C)=O.[Y].[Y]. The molecule has 2 radical (unpaired) electrons. The zero-order valence-electron chi connectivity index (χ0n) is 18.7. The van der Waals surface area contributed by atoms with Gasteiger partial charge in [0.2, 0.25) is 11.8 Å². The Labute approximate surface area is 231 Å². The molecule has 2 amide bonds. The molecule has 0 aliphatic heterocycles. The van der Waals surface area contributed by atoms with Crippen molar-refractivity contribution in [3.05, 3.63) is 0 Å². The number of amides is 2. The van der Waals surface area contributed by atoms with Crippen LogP contribution in [0, 0.1) is 0 Å². The first-order valence-electron chi connectivity index (χ1n) is 9.16. The zero-order valence-corrected chi connectivity index (χ0v) is 26.4. The van der Waals surface area contributed by atoms with Gasteiger partial charge in [-0.1, -0.05) is 13.8 Å². The van der Waals surface area contributed by atoms with E-state index < -0.39 is 27.9 Å². The van der Waals surface area contributed by atoms with Crippen LogP contribution in [0.4, 0.5) is 0 Å². The minimum Gasteiger partial charge on any atom is -0.347 e. The van der Waals surface area contributed by atoms with Crippen molar-refractivity contribution >= 4 is 39.2 Å². The number of carbonyl (C=O) groups is 4. The molecule has 0 saturated heterocycles. The van der Waals surface area contributed by atoms with Gasteiger partial charge in [0.25, 0.3) is 0 Å². The molecule has 0 aromatic heterocycles. The molecule has 0 rings (SSSR count). The Balaban J connectivity index is -0.000000211. The number of ketones is 2. The fourth-order valence-electron chi connectivity index (χ4n) is 2.06. The molecule has 0 bridgehead atoms. The maximum Gasteiger partial charge on any atom is 0.217 e. The van der Waals surface area contributed by atoms with E-state index in [4.69, 9.17) is 4.52 Å². The summed E-state index contributed by atoms with van der Waals surface area (Å²) < 4.78 is 26.4. The Kier molecular flexibility index (Phi) is 29.4. The van der Waals surface area contributed by atoms with Gasteiger partial charge in [0, 0.05) is 105 Å². The van der Waals surface area contributed by atoms with Crippen molar-refractivity contribution < 1.29 is 98.3 Å². The average Bonchev–Trinajstić information content (AvgIpc) is 2.60. The smallest absolute Gasteiger partial charge is 0.217 e. The van der Waals surface area contributed by atoms with Crippen LogP contribution >= 0.6 is 15.8 Å². The maximum absolute atomic E-state index is 11.4. The van der Waals surface area contributed by atoms with Gasteiger partial charge in [-0.2, -0.15) is 0 Å². The standard InChI is InChI=1S/C9H18NO3P.C8H16NO4P.2Y/c1-4-9(12)8(10-7(2)11)5-6-14(3)13;1-4-8(11)7(9-6(2)10)5-13-14(3)12;;/h8,14H,4-6H2,1-3H3,(H,10,11);7,14H,4-5H2,1-3H3,(H,9,10);;. The number of hydrogen-bond acceptors (Lipinski definition) is 7. The van der Waals surface area contributed by atoms with E-state index in [0.29, 0.717) is 25.4 Å². The number of nitrogens with one attached hydrogen (secondary N) is 2. The quantitative estimate of drug-likeness (QED) is 0.318. The van der Waals surface area contributed by atoms with E-state index in [0.717, 1.165) is 0 Å². The molecule has 2 N–H and O–H groups in total. The molecule has 170 valence electrons. The van der Waals surface area contributed by atoms with Crippen LogP contribution in [0.5, 0.6) is 0 Å². The molecule has 0 spiro atoms. The van der Waals surface area contributed by atoms with Crippen LogP contribution in [-0.2, 0) is 98.3 Å². The summed E-state index contributed by atoms with van der Waals surface area (Å²) in [6.07, 6.45) is 1.72. The number of Topliss-reactive ketones (excluding diaryl/α,β-unsaturated/α-hetero) is 2. The van der Waals surface area contributed by atoms with E-state index in [1.54, 1.807) is 20.5 Å². The Morgan fingerprint density at radius 3 is 1.57 bits per heavy atom. The summed E-state index contributed by atoms with van der Waals surface area (Å²) in [5, 5.41) is 5.02. The molecule has 0 saturated carbocycles. The normalized spacial score (nSPS) is 13.5. The molecule has 30 heavy (non-hydrogen) atoms. The summed E-state index contributed by atoms with van der Waals surface area (Å²) in [6.45, 7) is 9.24. The van der Waals surface area contributed by atoms with Gasteiger partial charge in [-0.25, -0.2) is 0 Å². The van der Waals surface area contributed by atoms with Gasteiger partial charge >= 0.3 is 0 Å². The largest absolute Gasteiger partial charge is 0.347 e. The summed E-state index contributed by atoms with van der Waals surface area (Å²) in [5.41, 5.74) is 0. The second kappa shape index (κ2) is 23.1. The molecular formula is C17H34N2O7P2Y2. The van der Waals surface area contributed by atoms with Crippen LogP contribution in [0.15, 0.2) is 0 Å². The molecule has 4 unspecified atom stereocenters. The van der Waals surface area contributed by atoms with E-state index in [1.807, 2.05) is 0 Å². The fraction of sp³-hybridized carbons (Fsp3) is 0.765. The summed E-state index contributed by atoms with van der Waals surface area (Å²) in [6, 6.07) is -1.13. The molecule has 0 aromatic rings. The van der Waals surface area contributed by atoms with Gasteiger partial charge < -0.3 is 19.7 Å². The molecule has 9 nitrogen and oxygen atoms in total. The first-order chi connectivity index (χ1) is 12.9. The summed E-state index contributed by atoms with van der Waals surface area (Å²) in [7, 11) is -3.62. The van der Waals surface area contributed by atoms with Gasteiger partial charge in [0.05, 0.1) is 20.4 Å². The Morgan fingerprint density at radius 2 is 1.23 bits per heavy atom. The van der Waals surface area contributed by atoms with Crippen molar-refractivity contribution in [2.75, 3.05) is 26.1 Å². The Hall–Kier alpha value is 0.908. The van der Waals surface area contributed by atoms with E-state index in [9.17, 15) is 28.3 Å². The number of rotatable bonds is 12. The third-order valence-electron chi connectivity index (χ3n) is 3.47. The van der Waals surface area contributed by atoms with Gasteiger partial charge in [0.1, 0.15) is 6.04 Å². The van der Waals surface area contributed by atoms with E-state index in [2.05, 4.69) is 10.6 Å². The third kappa shape index (κ3) is 23.6. The van der Waals surface area contributed by atoms with Crippen LogP contribution in [-0.4, -0.2) is 61.6 Å². The summed E-state index contributed by atoms with van der Waals surface area (Å²) in [5.74, 6) is -0.629. The van der Waals surface area contributed by atoms with Crippen molar-refractivity contribution in [2.24, 2.45) is 0 Å². The average molecular weight is 618 g/mol. The molecule has 0 heterocycles.